The molecule has 0 amide bonds. The largest absolute Gasteiger partial charge is 0.480 e. The molecule has 2 N–H and O–H groups in total. The van der Waals surface area contributed by atoms with Gasteiger partial charge in [0.25, 0.3) is 0 Å². The maximum absolute atomic E-state index is 10.8. The van der Waals surface area contributed by atoms with E-state index >= 15 is 0 Å². The van der Waals surface area contributed by atoms with Gasteiger partial charge >= 0.3 is 112 Å². The summed E-state index contributed by atoms with van der Waals surface area (Å²) in [4.78, 5) is 20.6. The van der Waals surface area contributed by atoms with Crippen molar-refractivity contribution in [3.05, 3.63) is 0 Å². The summed E-state index contributed by atoms with van der Waals surface area (Å²) >= 11 is 0.751. The summed E-state index contributed by atoms with van der Waals surface area (Å²) in [5.41, 5.74) is 0. The monoisotopic (exact) mass is 337 g/mol. The van der Waals surface area contributed by atoms with Crippen LogP contribution in [0.4, 0.5) is 0 Å². The quantitative estimate of drug-likeness (QED) is 0.370. The zero-order valence-corrected chi connectivity index (χ0v) is 17.8. The first kappa shape index (κ1) is 25.3. The summed E-state index contributed by atoms with van der Waals surface area (Å²) in [6, 6.07) is -0.431. The summed E-state index contributed by atoms with van der Waals surface area (Å²) < 4.78 is 0.482. The van der Waals surface area contributed by atoms with Crippen molar-refractivity contribution in [3.8, 4) is 0 Å². The minimum absolute atomic E-state index is 0.431. The molecular weight excluding hydrogens is 301 g/mol. The Morgan fingerprint density at radius 3 is 1.57 bits per heavy atom. The molecule has 0 aliphatic heterocycles. The summed E-state index contributed by atoms with van der Waals surface area (Å²) in [5, 5.41) is 10.7. The molecule has 1 atom stereocenters. The van der Waals surface area contributed by atoms with E-state index in [4.69, 9.17) is 5.11 Å². The Labute approximate surface area is 160 Å². The fourth-order valence-electron chi connectivity index (χ4n) is 2.16. The maximum Gasteiger partial charge on any atom is 0.320 e. The van der Waals surface area contributed by atoms with E-state index in [1.807, 2.05) is 0 Å². The number of likely N-dealkylation sites (N-methyl/N-ethyl adjacent to an activating group) is 1. The van der Waals surface area contributed by atoms with Crippen molar-refractivity contribution in [1.82, 2.24) is 5.32 Å². The molecule has 0 fully saturated rings. The number of carboxylic acids is 1. The Hall–Kier alpha value is 0.1000. The van der Waals surface area contributed by atoms with Gasteiger partial charge in [0.2, 0.25) is 0 Å². The van der Waals surface area contributed by atoms with E-state index in [-0.39, 0.29) is 0 Å². The van der Waals surface area contributed by atoms with Gasteiger partial charge in [0.15, 0.2) is 0 Å². The minimum Gasteiger partial charge on any atom is -0.480 e. The predicted molar refractivity (Wildman–Crippen MR) is 98.0 cm³/mol. The molecule has 23 heavy (non-hydrogen) atoms. The molecule has 4 nitrogen and oxygen atoms in total. The molecule has 0 saturated heterocycles. The van der Waals surface area contributed by atoms with Gasteiger partial charge < -0.3 is 10.4 Å². The molecule has 0 aromatic carbocycles. The third-order valence-corrected chi connectivity index (χ3v) is 4.44. The van der Waals surface area contributed by atoms with Crippen molar-refractivity contribution >= 4 is 36.9 Å². The standard InChI is InChI=1S/C14H27O.C4H9NO2.Na/c1-2-3-4-5-6-7-8-9-10-11-12-13-14-15;1-3(5-2)4(6)7;/h2-13H2,1H3;3,5H,1-2H3,(H,6,7);/t;3-;/m.0./s1. The van der Waals surface area contributed by atoms with Crippen LogP contribution in [-0.4, -0.2) is 55.1 Å². The molecule has 0 spiro atoms. The third kappa shape index (κ3) is 24.5. The van der Waals surface area contributed by atoms with E-state index in [9.17, 15) is 9.59 Å². The number of carbonyl (C=O) groups excluding carboxylic acids is 1. The van der Waals surface area contributed by atoms with E-state index in [2.05, 4.69) is 12.2 Å². The van der Waals surface area contributed by atoms with E-state index in [0.717, 1.165) is 40.8 Å². The molecule has 5 heteroatoms. The van der Waals surface area contributed by atoms with Gasteiger partial charge in [-0.2, -0.15) is 0 Å². The first-order chi connectivity index (χ1) is 11.0. The summed E-state index contributed by atoms with van der Waals surface area (Å²) in [6.45, 7) is 3.85. The zero-order valence-electron chi connectivity index (χ0n) is 15.8. The normalized spacial score (nSPS) is 11.5. The van der Waals surface area contributed by atoms with Gasteiger partial charge in [-0.05, 0) is 14.0 Å². The Balaban J connectivity index is 0. The van der Waals surface area contributed by atoms with Crippen LogP contribution in [-0.2, 0) is 9.59 Å². The van der Waals surface area contributed by atoms with Crippen molar-refractivity contribution in [1.29, 1.82) is 0 Å². The van der Waals surface area contributed by atoms with Crippen molar-refractivity contribution in [2.45, 2.75) is 96.9 Å². The van der Waals surface area contributed by atoms with Crippen molar-refractivity contribution < 1.29 is 14.7 Å². The third-order valence-electron chi connectivity index (χ3n) is 3.94. The van der Waals surface area contributed by atoms with Gasteiger partial charge in [-0.25, -0.2) is 0 Å². The zero-order chi connectivity index (χ0) is 17.9. The average molecular weight is 337 g/mol. The van der Waals surface area contributed by atoms with Crippen molar-refractivity contribution in [2.75, 3.05) is 7.05 Å². The van der Waals surface area contributed by atoms with Gasteiger partial charge in [-0.1, -0.05) is 13.3 Å². The Kier molecular flexibility index (Phi) is 22.2. The number of aliphatic carboxylic acids is 1. The van der Waals surface area contributed by atoms with Gasteiger partial charge in [0.1, 0.15) is 6.04 Å². The van der Waals surface area contributed by atoms with Crippen molar-refractivity contribution in [3.63, 3.8) is 0 Å². The second-order valence-electron chi connectivity index (χ2n) is 6.34. The van der Waals surface area contributed by atoms with Gasteiger partial charge in [0.05, 0.1) is 0 Å². The molecular formula is C18H36NNaO3. The van der Waals surface area contributed by atoms with Gasteiger partial charge in [-0.3, -0.25) is 4.79 Å². The number of unbranched alkanes of at least 4 members (excludes halogenated alkanes) is 10. The molecule has 0 unspecified atom stereocenters. The number of carboxylic acid groups (broad SMARTS) is 1. The SMILES string of the molecule is CCCCCCCCCCCCC[C](=O)[Na].CN[C@@H](C)C(=O)O. The second-order valence-corrected chi connectivity index (χ2v) is 7.45. The molecule has 0 saturated carbocycles. The molecule has 0 aliphatic rings. The molecule has 0 rings (SSSR count). The van der Waals surface area contributed by atoms with Gasteiger partial charge in [-0.15, -0.1) is 0 Å². The Morgan fingerprint density at radius 2 is 1.30 bits per heavy atom. The molecule has 0 radical (unpaired) electrons. The summed E-state index contributed by atoms with van der Waals surface area (Å²) in [5.74, 6) is -0.817. The van der Waals surface area contributed by atoms with E-state index in [1.54, 1.807) is 14.0 Å². The van der Waals surface area contributed by atoms with Crippen LogP contribution in [0.25, 0.3) is 0 Å². The fraction of sp³-hybridized carbons (Fsp3) is 0.889. The molecule has 0 aromatic heterocycles. The molecule has 132 valence electrons. The maximum atomic E-state index is 10.8. The summed E-state index contributed by atoms with van der Waals surface area (Å²) in [6.07, 6.45) is 15.8. The van der Waals surface area contributed by atoms with Gasteiger partial charge in [0, 0.05) is 0 Å². The summed E-state index contributed by atoms with van der Waals surface area (Å²) in [7, 11) is 1.61. The van der Waals surface area contributed by atoms with Crippen LogP contribution in [0.3, 0.4) is 0 Å². The van der Waals surface area contributed by atoms with Crippen molar-refractivity contribution in [2.24, 2.45) is 0 Å². The Bertz CT molecular complexity index is 285. The van der Waals surface area contributed by atoms with E-state index in [1.165, 1.54) is 64.2 Å². The van der Waals surface area contributed by atoms with Crippen LogP contribution in [0.5, 0.6) is 0 Å². The van der Waals surface area contributed by atoms with Crippen LogP contribution in [0.1, 0.15) is 90.9 Å². The average Bonchev–Trinajstić information content (AvgIpc) is 2.52. The predicted octanol–water partition coefficient (Wildman–Crippen LogP) is 4.06. The number of hydrogen-bond donors (Lipinski definition) is 2. The van der Waals surface area contributed by atoms with E-state index in [0.29, 0.717) is 3.03 Å². The van der Waals surface area contributed by atoms with Crippen LogP contribution in [0, 0.1) is 0 Å². The second kappa shape index (κ2) is 20.1. The van der Waals surface area contributed by atoms with Crippen LogP contribution < -0.4 is 5.32 Å². The smallest absolute Gasteiger partial charge is 0.320 e. The van der Waals surface area contributed by atoms with Crippen LogP contribution in [0.2, 0.25) is 0 Å². The number of carbonyl (C=O) groups is 2. The molecule has 0 bridgehead atoms. The molecule has 0 aliphatic carbocycles. The van der Waals surface area contributed by atoms with Crippen LogP contribution >= 0.6 is 0 Å². The first-order valence-corrected chi connectivity index (χ1v) is 10.3. The number of rotatable bonds is 14. The molecule has 0 aromatic rings. The minimum atomic E-state index is -0.817. The fourth-order valence-corrected chi connectivity index (χ4v) is 2.52. The molecule has 0 heterocycles. The van der Waals surface area contributed by atoms with E-state index < -0.39 is 12.0 Å². The first-order valence-electron chi connectivity index (χ1n) is 9.35. The Morgan fingerprint density at radius 1 is 0.913 bits per heavy atom. The number of nitrogens with one attached hydrogen (secondary N) is 1. The van der Waals surface area contributed by atoms with Crippen LogP contribution in [0.15, 0.2) is 0 Å². The number of hydrogen-bond acceptors (Lipinski definition) is 3. The topological polar surface area (TPSA) is 66.4 Å².